The van der Waals surface area contributed by atoms with Crippen LogP contribution in [0.4, 0.5) is 5.82 Å². The zero-order chi connectivity index (χ0) is 13.1. The summed E-state index contributed by atoms with van der Waals surface area (Å²) < 4.78 is 0. The highest BCUT2D eigenvalue weighted by atomic mass is 16.3. The molecule has 4 heteroatoms. The number of hydrogen-bond donors (Lipinski definition) is 2. The predicted octanol–water partition coefficient (Wildman–Crippen LogP) is 2.71. The van der Waals surface area contributed by atoms with Gasteiger partial charge in [0.1, 0.15) is 11.6 Å². The van der Waals surface area contributed by atoms with E-state index in [1.165, 1.54) is 32.1 Å². The zero-order valence-corrected chi connectivity index (χ0v) is 11.4. The molecule has 2 aliphatic rings. The Kier molecular flexibility index (Phi) is 3.97. The van der Waals surface area contributed by atoms with Crippen LogP contribution in [-0.2, 0) is 0 Å². The largest absolute Gasteiger partial charge is 0.396 e. The van der Waals surface area contributed by atoms with E-state index in [4.69, 9.17) is 0 Å². The van der Waals surface area contributed by atoms with Crippen molar-refractivity contribution in [1.29, 1.82) is 0 Å². The molecular formula is C15H23N3O. The highest BCUT2D eigenvalue weighted by molar-refractivity contribution is 5.35. The van der Waals surface area contributed by atoms with Crippen molar-refractivity contribution in [3.63, 3.8) is 0 Å². The van der Waals surface area contributed by atoms with Crippen molar-refractivity contribution in [3.05, 3.63) is 18.1 Å². The number of nitrogens with zero attached hydrogens (tertiary/aromatic N) is 2. The first-order chi connectivity index (χ1) is 9.36. The third kappa shape index (κ3) is 3.24. The summed E-state index contributed by atoms with van der Waals surface area (Å²) in [5, 5.41) is 13.1. The van der Waals surface area contributed by atoms with E-state index in [0.29, 0.717) is 17.9 Å². The zero-order valence-electron chi connectivity index (χ0n) is 11.4. The van der Waals surface area contributed by atoms with Gasteiger partial charge in [-0.25, -0.2) is 9.97 Å². The Balaban J connectivity index is 1.69. The van der Waals surface area contributed by atoms with E-state index in [-0.39, 0.29) is 6.61 Å². The fourth-order valence-electron chi connectivity index (χ4n) is 2.98. The van der Waals surface area contributed by atoms with Crippen LogP contribution in [-0.4, -0.2) is 27.7 Å². The molecule has 2 atom stereocenters. The molecule has 2 saturated carbocycles. The van der Waals surface area contributed by atoms with Gasteiger partial charge in [0.05, 0.1) is 0 Å². The Morgan fingerprint density at radius 3 is 2.79 bits per heavy atom. The number of aliphatic hydroxyl groups excluding tert-OH is 1. The Morgan fingerprint density at radius 2 is 2.00 bits per heavy atom. The lowest BCUT2D eigenvalue weighted by molar-refractivity contribution is 0.203. The Bertz CT molecular complexity index is 420. The van der Waals surface area contributed by atoms with Crippen molar-refractivity contribution >= 4 is 5.82 Å². The predicted molar refractivity (Wildman–Crippen MR) is 75.1 cm³/mol. The highest BCUT2D eigenvalue weighted by Crippen LogP contribution is 2.38. The summed E-state index contributed by atoms with van der Waals surface area (Å²) in [7, 11) is 0. The highest BCUT2D eigenvalue weighted by Gasteiger charge is 2.27. The Hall–Kier alpha value is -1.16. The first kappa shape index (κ1) is 12.9. The summed E-state index contributed by atoms with van der Waals surface area (Å²) in [5.41, 5.74) is 0. The lowest BCUT2D eigenvalue weighted by atomic mass is 9.96. The molecule has 3 rings (SSSR count). The molecule has 0 spiro atoms. The van der Waals surface area contributed by atoms with Crippen LogP contribution >= 0.6 is 0 Å². The summed E-state index contributed by atoms with van der Waals surface area (Å²) in [6, 6.07) is 2.31. The molecule has 0 bridgehead atoms. The minimum absolute atomic E-state index is 0.276. The number of anilines is 1. The first-order valence-electron chi connectivity index (χ1n) is 7.57. The summed E-state index contributed by atoms with van der Waals surface area (Å²) in [5.74, 6) is 2.87. The molecule has 0 unspecified atom stereocenters. The molecule has 1 heterocycles. The van der Waals surface area contributed by atoms with Crippen LogP contribution in [0.1, 0.15) is 56.7 Å². The van der Waals surface area contributed by atoms with Gasteiger partial charge in [0.25, 0.3) is 0 Å². The standard InChI is InChI=1S/C15H23N3O/c19-10-12-4-2-1-3-5-13(12)17-14-8-9-16-15(18-14)11-6-7-11/h8-9,11-13,19H,1-7,10H2,(H,16,17,18)/t12-,13-/m1/s1. The summed E-state index contributed by atoms with van der Waals surface area (Å²) in [6.45, 7) is 0.276. The molecule has 4 nitrogen and oxygen atoms in total. The second kappa shape index (κ2) is 5.87. The molecule has 2 N–H and O–H groups in total. The first-order valence-corrected chi connectivity index (χ1v) is 7.57. The monoisotopic (exact) mass is 261 g/mol. The van der Waals surface area contributed by atoms with Crippen LogP contribution in [0.25, 0.3) is 0 Å². The topological polar surface area (TPSA) is 58.0 Å². The maximum atomic E-state index is 9.54. The van der Waals surface area contributed by atoms with E-state index in [2.05, 4.69) is 15.3 Å². The number of rotatable bonds is 4. The van der Waals surface area contributed by atoms with Gasteiger partial charge in [-0.05, 0) is 31.7 Å². The molecule has 2 aliphatic carbocycles. The summed E-state index contributed by atoms with van der Waals surface area (Å²) in [6.07, 6.45) is 10.3. The fraction of sp³-hybridized carbons (Fsp3) is 0.733. The minimum atomic E-state index is 0.276. The van der Waals surface area contributed by atoms with Gasteiger partial charge in [0, 0.05) is 30.7 Å². The summed E-state index contributed by atoms with van der Waals surface area (Å²) >= 11 is 0. The van der Waals surface area contributed by atoms with Crippen LogP contribution in [0.3, 0.4) is 0 Å². The van der Waals surface area contributed by atoms with Crippen molar-refractivity contribution in [3.8, 4) is 0 Å². The maximum absolute atomic E-state index is 9.54. The Morgan fingerprint density at radius 1 is 1.16 bits per heavy atom. The maximum Gasteiger partial charge on any atom is 0.133 e. The quantitative estimate of drug-likeness (QED) is 0.818. The second-order valence-electron chi connectivity index (χ2n) is 5.91. The van der Waals surface area contributed by atoms with Gasteiger partial charge in [0.2, 0.25) is 0 Å². The molecule has 2 fully saturated rings. The van der Waals surface area contributed by atoms with Crippen molar-refractivity contribution in [2.45, 2.75) is 56.9 Å². The van der Waals surface area contributed by atoms with Gasteiger partial charge in [-0.2, -0.15) is 0 Å². The smallest absolute Gasteiger partial charge is 0.133 e. The van der Waals surface area contributed by atoms with Crippen LogP contribution in [0.15, 0.2) is 12.3 Å². The van der Waals surface area contributed by atoms with Crippen molar-refractivity contribution < 1.29 is 5.11 Å². The third-order valence-electron chi connectivity index (χ3n) is 4.34. The molecule has 1 aromatic heterocycles. The van der Waals surface area contributed by atoms with Gasteiger partial charge in [0.15, 0.2) is 0 Å². The van der Waals surface area contributed by atoms with E-state index < -0.39 is 0 Å². The number of nitrogens with one attached hydrogen (secondary N) is 1. The van der Waals surface area contributed by atoms with E-state index >= 15 is 0 Å². The van der Waals surface area contributed by atoms with Gasteiger partial charge in [-0.3, -0.25) is 0 Å². The molecule has 1 aromatic rings. The molecule has 19 heavy (non-hydrogen) atoms. The van der Waals surface area contributed by atoms with Gasteiger partial charge in [-0.15, -0.1) is 0 Å². The number of aliphatic hydroxyl groups is 1. The fourth-order valence-corrected chi connectivity index (χ4v) is 2.98. The van der Waals surface area contributed by atoms with Crippen LogP contribution in [0.5, 0.6) is 0 Å². The minimum Gasteiger partial charge on any atom is -0.396 e. The lowest BCUT2D eigenvalue weighted by Crippen LogP contribution is -2.31. The normalized spacial score (nSPS) is 27.8. The molecular weight excluding hydrogens is 238 g/mol. The van der Waals surface area contributed by atoms with Gasteiger partial charge in [-0.1, -0.05) is 19.3 Å². The number of hydrogen-bond acceptors (Lipinski definition) is 4. The average Bonchev–Trinajstić information content (AvgIpc) is 3.27. The van der Waals surface area contributed by atoms with Gasteiger partial charge < -0.3 is 10.4 Å². The van der Waals surface area contributed by atoms with Crippen LogP contribution in [0, 0.1) is 5.92 Å². The Labute approximate surface area is 114 Å². The molecule has 0 radical (unpaired) electrons. The van der Waals surface area contributed by atoms with E-state index in [1.54, 1.807) is 0 Å². The second-order valence-corrected chi connectivity index (χ2v) is 5.91. The molecule has 0 aliphatic heterocycles. The van der Waals surface area contributed by atoms with E-state index in [0.717, 1.165) is 24.5 Å². The van der Waals surface area contributed by atoms with E-state index in [1.807, 2.05) is 12.3 Å². The molecule has 0 aromatic carbocycles. The van der Waals surface area contributed by atoms with Crippen molar-refractivity contribution in [2.24, 2.45) is 5.92 Å². The molecule has 104 valence electrons. The third-order valence-corrected chi connectivity index (χ3v) is 4.34. The van der Waals surface area contributed by atoms with Crippen LogP contribution in [0.2, 0.25) is 0 Å². The van der Waals surface area contributed by atoms with E-state index in [9.17, 15) is 5.11 Å². The number of aromatic nitrogens is 2. The SMILES string of the molecule is OC[C@H]1CCCCC[C@H]1Nc1ccnc(C2CC2)n1. The lowest BCUT2D eigenvalue weighted by Gasteiger charge is -2.25. The molecule has 0 saturated heterocycles. The molecule has 0 amide bonds. The average molecular weight is 261 g/mol. The van der Waals surface area contributed by atoms with Crippen molar-refractivity contribution in [1.82, 2.24) is 9.97 Å². The van der Waals surface area contributed by atoms with Crippen molar-refractivity contribution in [2.75, 3.05) is 11.9 Å². The van der Waals surface area contributed by atoms with Gasteiger partial charge >= 0.3 is 0 Å². The van der Waals surface area contributed by atoms with Crippen LogP contribution < -0.4 is 5.32 Å². The summed E-state index contributed by atoms with van der Waals surface area (Å²) in [4.78, 5) is 8.98.